The zero-order chi connectivity index (χ0) is 13.0. The SMILES string of the molecule is CCc1ccc(C(CN)N(C)Cc2ccco2)s1. The fourth-order valence-electron chi connectivity index (χ4n) is 2.04. The minimum absolute atomic E-state index is 0.264. The van der Waals surface area contributed by atoms with E-state index in [4.69, 9.17) is 10.2 Å². The van der Waals surface area contributed by atoms with Crippen LogP contribution in [-0.2, 0) is 13.0 Å². The molecule has 0 radical (unpaired) electrons. The molecule has 98 valence electrons. The lowest BCUT2D eigenvalue weighted by molar-refractivity contribution is 0.226. The molecule has 3 nitrogen and oxygen atoms in total. The number of hydrogen-bond donors (Lipinski definition) is 1. The quantitative estimate of drug-likeness (QED) is 0.872. The highest BCUT2D eigenvalue weighted by Crippen LogP contribution is 2.27. The predicted molar refractivity (Wildman–Crippen MR) is 75.7 cm³/mol. The fraction of sp³-hybridized carbons (Fsp3) is 0.429. The van der Waals surface area contributed by atoms with Crippen molar-refractivity contribution in [3.8, 4) is 0 Å². The van der Waals surface area contributed by atoms with Gasteiger partial charge in [0.1, 0.15) is 5.76 Å². The molecule has 0 spiro atoms. The van der Waals surface area contributed by atoms with Crippen molar-refractivity contribution >= 4 is 11.3 Å². The molecule has 0 aliphatic heterocycles. The smallest absolute Gasteiger partial charge is 0.117 e. The average Bonchev–Trinajstić information content (AvgIpc) is 3.01. The van der Waals surface area contributed by atoms with Gasteiger partial charge in [-0.05, 0) is 37.7 Å². The summed E-state index contributed by atoms with van der Waals surface area (Å²) in [4.78, 5) is 4.99. The maximum atomic E-state index is 5.92. The standard InChI is InChI=1S/C14H20N2OS/c1-3-12-6-7-14(18-12)13(9-15)16(2)10-11-5-4-8-17-11/h4-8,13H,3,9-10,15H2,1-2H3. The van der Waals surface area contributed by atoms with E-state index in [0.717, 1.165) is 18.7 Å². The van der Waals surface area contributed by atoms with Crippen molar-refractivity contribution in [2.45, 2.75) is 25.9 Å². The summed E-state index contributed by atoms with van der Waals surface area (Å²) in [5, 5.41) is 0. The molecule has 2 aromatic heterocycles. The largest absolute Gasteiger partial charge is 0.468 e. The third-order valence-electron chi connectivity index (χ3n) is 3.10. The summed E-state index contributed by atoms with van der Waals surface area (Å²) >= 11 is 1.85. The van der Waals surface area contributed by atoms with Gasteiger partial charge in [0.15, 0.2) is 0 Å². The van der Waals surface area contributed by atoms with Gasteiger partial charge in [-0.3, -0.25) is 4.90 Å². The number of rotatable bonds is 6. The van der Waals surface area contributed by atoms with Crippen LogP contribution in [0.2, 0.25) is 0 Å². The van der Waals surface area contributed by atoms with Gasteiger partial charge >= 0.3 is 0 Å². The molecular formula is C14H20N2OS. The molecule has 18 heavy (non-hydrogen) atoms. The van der Waals surface area contributed by atoms with Gasteiger partial charge in [0.2, 0.25) is 0 Å². The Balaban J connectivity index is 2.07. The van der Waals surface area contributed by atoms with Crippen LogP contribution < -0.4 is 5.73 Å². The van der Waals surface area contributed by atoms with Crippen molar-refractivity contribution < 1.29 is 4.42 Å². The van der Waals surface area contributed by atoms with Crippen molar-refractivity contribution in [3.63, 3.8) is 0 Å². The molecule has 0 saturated carbocycles. The summed E-state index contributed by atoms with van der Waals surface area (Å²) in [7, 11) is 2.09. The molecule has 0 aliphatic rings. The van der Waals surface area contributed by atoms with E-state index >= 15 is 0 Å². The van der Waals surface area contributed by atoms with Crippen molar-refractivity contribution in [1.29, 1.82) is 0 Å². The van der Waals surface area contributed by atoms with Crippen LogP contribution in [0.1, 0.15) is 28.5 Å². The molecule has 1 atom stereocenters. The van der Waals surface area contributed by atoms with E-state index in [2.05, 4.69) is 31.0 Å². The third-order valence-corrected chi connectivity index (χ3v) is 4.43. The Labute approximate surface area is 112 Å². The van der Waals surface area contributed by atoms with E-state index in [0.29, 0.717) is 6.54 Å². The molecule has 0 fully saturated rings. The molecule has 0 amide bonds. The number of nitrogens with two attached hydrogens (primary N) is 1. The Kier molecular flexibility index (Phi) is 4.58. The summed E-state index contributed by atoms with van der Waals surface area (Å²) in [6.07, 6.45) is 2.80. The van der Waals surface area contributed by atoms with Crippen LogP contribution in [0, 0.1) is 0 Å². The lowest BCUT2D eigenvalue weighted by Gasteiger charge is -2.25. The van der Waals surface area contributed by atoms with Crippen LogP contribution in [-0.4, -0.2) is 18.5 Å². The number of furan rings is 1. The molecule has 0 aromatic carbocycles. The molecule has 2 aromatic rings. The number of nitrogens with zero attached hydrogens (tertiary/aromatic N) is 1. The zero-order valence-electron chi connectivity index (χ0n) is 10.9. The fourth-order valence-corrected chi connectivity index (χ4v) is 3.17. The predicted octanol–water partition coefficient (Wildman–Crippen LogP) is 3.04. The third kappa shape index (κ3) is 3.02. The first-order valence-electron chi connectivity index (χ1n) is 6.26. The van der Waals surface area contributed by atoms with E-state index in [9.17, 15) is 0 Å². The average molecular weight is 264 g/mol. The van der Waals surface area contributed by atoms with Crippen LogP contribution in [0.25, 0.3) is 0 Å². The van der Waals surface area contributed by atoms with E-state index in [1.54, 1.807) is 6.26 Å². The molecule has 1 unspecified atom stereocenters. The van der Waals surface area contributed by atoms with Gasteiger partial charge in [-0.1, -0.05) is 6.92 Å². The van der Waals surface area contributed by atoms with Crippen LogP contribution >= 0.6 is 11.3 Å². The molecule has 2 rings (SSSR count). The maximum Gasteiger partial charge on any atom is 0.117 e. The van der Waals surface area contributed by atoms with Gasteiger partial charge < -0.3 is 10.2 Å². The summed E-state index contributed by atoms with van der Waals surface area (Å²) in [5.41, 5.74) is 5.92. The van der Waals surface area contributed by atoms with Gasteiger partial charge in [0, 0.05) is 16.3 Å². The summed E-state index contributed by atoms with van der Waals surface area (Å²) in [5.74, 6) is 0.975. The molecule has 2 N–H and O–H groups in total. The highest BCUT2D eigenvalue weighted by Gasteiger charge is 2.18. The minimum Gasteiger partial charge on any atom is -0.468 e. The second kappa shape index (κ2) is 6.18. The van der Waals surface area contributed by atoms with Crippen LogP contribution in [0.5, 0.6) is 0 Å². The number of hydrogen-bond acceptors (Lipinski definition) is 4. The monoisotopic (exact) mass is 264 g/mol. The Bertz CT molecular complexity index is 464. The number of likely N-dealkylation sites (N-methyl/N-ethyl adjacent to an activating group) is 1. The molecule has 2 heterocycles. The molecular weight excluding hydrogens is 244 g/mol. The summed E-state index contributed by atoms with van der Waals surface area (Å²) < 4.78 is 5.38. The van der Waals surface area contributed by atoms with E-state index < -0.39 is 0 Å². The van der Waals surface area contributed by atoms with Gasteiger partial charge in [-0.15, -0.1) is 11.3 Å². The van der Waals surface area contributed by atoms with E-state index in [1.165, 1.54) is 9.75 Å². The van der Waals surface area contributed by atoms with Crippen LogP contribution in [0.15, 0.2) is 34.9 Å². The number of aryl methyl sites for hydroxylation is 1. The van der Waals surface area contributed by atoms with Gasteiger partial charge in [-0.25, -0.2) is 0 Å². The van der Waals surface area contributed by atoms with E-state index in [1.807, 2.05) is 23.5 Å². The van der Waals surface area contributed by atoms with Crippen LogP contribution in [0.4, 0.5) is 0 Å². The first-order chi connectivity index (χ1) is 8.74. The summed E-state index contributed by atoms with van der Waals surface area (Å²) in [6.45, 7) is 3.59. The normalized spacial score (nSPS) is 13.1. The molecule has 4 heteroatoms. The topological polar surface area (TPSA) is 42.4 Å². The van der Waals surface area contributed by atoms with Gasteiger partial charge in [0.05, 0.1) is 18.8 Å². The molecule has 0 saturated heterocycles. The zero-order valence-corrected chi connectivity index (χ0v) is 11.7. The first kappa shape index (κ1) is 13.3. The van der Waals surface area contributed by atoms with Crippen molar-refractivity contribution in [3.05, 3.63) is 46.0 Å². The van der Waals surface area contributed by atoms with Crippen molar-refractivity contribution in [1.82, 2.24) is 4.90 Å². The van der Waals surface area contributed by atoms with E-state index in [-0.39, 0.29) is 6.04 Å². The second-order valence-corrected chi connectivity index (χ2v) is 5.60. The van der Waals surface area contributed by atoms with Crippen LogP contribution in [0.3, 0.4) is 0 Å². The minimum atomic E-state index is 0.264. The Morgan fingerprint density at radius 3 is 2.78 bits per heavy atom. The highest BCUT2D eigenvalue weighted by molar-refractivity contribution is 7.12. The lowest BCUT2D eigenvalue weighted by atomic mass is 10.2. The first-order valence-corrected chi connectivity index (χ1v) is 7.07. The molecule has 0 aliphatic carbocycles. The Morgan fingerprint density at radius 2 is 2.22 bits per heavy atom. The highest BCUT2D eigenvalue weighted by atomic mass is 32.1. The molecule has 0 bridgehead atoms. The number of thiophene rings is 1. The lowest BCUT2D eigenvalue weighted by Crippen LogP contribution is -2.29. The maximum absolute atomic E-state index is 5.92. The Morgan fingerprint density at radius 1 is 1.39 bits per heavy atom. The van der Waals surface area contributed by atoms with Gasteiger partial charge in [-0.2, -0.15) is 0 Å². The Hall–Kier alpha value is -1.10. The van der Waals surface area contributed by atoms with Crippen molar-refractivity contribution in [2.75, 3.05) is 13.6 Å². The van der Waals surface area contributed by atoms with Gasteiger partial charge in [0.25, 0.3) is 0 Å². The van der Waals surface area contributed by atoms with Crippen molar-refractivity contribution in [2.24, 2.45) is 5.73 Å². The summed E-state index contributed by atoms with van der Waals surface area (Å²) in [6, 6.07) is 8.57. The second-order valence-electron chi connectivity index (χ2n) is 4.40.